The topological polar surface area (TPSA) is 380 Å². The lowest BCUT2D eigenvalue weighted by molar-refractivity contribution is -0.124. The Bertz CT molecular complexity index is 3860. The standard InChI is InChI=1S/C53H48N14O9S6/c1-22(36(69)16-54)38-52-64-35(21-81-52)50-60-31(17-78-50)40-27(12-13-28(57-40)49-61-32(18-79-49)43(56)72)48-62-33(19-77-48)46(75)59-30(15-37(55)70)51-67-39(23(2)82-51)47(76)66-41(42(71)25-6-4-3-5-7-25)53-63-34(20-80-53)45(74)58-29(44(73)65-38)14-24-8-10-26(68)11-9-24/h3-13,17-22,29-30,36,38,41-42,68-69,71H,14-16,54H2,1-2H3,(H2,55,70)(H2,56,72)(H,58,74)(H,59,75)(H,65,73)(H,66,76)/t22-,29-,30-,36-,38-,41-,42-/m0/s1. The molecule has 7 atom stereocenters. The van der Waals surface area contributed by atoms with Gasteiger partial charge in [-0.2, -0.15) is 0 Å². The molecule has 0 saturated carbocycles. The lowest BCUT2D eigenvalue weighted by Crippen LogP contribution is -2.50. The van der Waals surface area contributed by atoms with Crippen molar-refractivity contribution in [2.45, 2.75) is 63.1 Å². The quantitative estimate of drug-likeness (QED) is 0.0751. The van der Waals surface area contributed by atoms with Crippen molar-refractivity contribution in [2.75, 3.05) is 6.54 Å². The number of aryl methyl sites for hydroxylation is 1. The number of aromatic nitrogens is 7. The molecule has 0 aliphatic carbocycles. The molecule has 10 rings (SSSR count). The van der Waals surface area contributed by atoms with E-state index in [0.717, 1.165) is 45.3 Å². The number of thiazole rings is 6. The molecule has 0 radical (unpaired) electrons. The Labute approximate surface area is 489 Å². The summed E-state index contributed by atoms with van der Waals surface area (Å²) >= 11 is 6.73. The van der Waals surface area contributed by atoms with E-state index in [-0.39, 0.29) is 51.5 Å². The summed E-state index contributed by atoms with van der Waals surface area (Å²) in [6.45, 7) is 3.17. The second-order valence-corrected chi connectivity index (χ2v) is 24.3. The number of pyridine rings is 1. The Hall–Kier alpha value is -8.13. The normalized spacial score (nSPS) is 18.1. The highest BCUT2D eigenvalue weighted by atomic mass is 32.1. The minimum absolute atomic E-state index is 0.0188. The first-order chi connectivity index (χ1) is 39.4. The van der Waals surface area contributed by atoms with Crippen LogP contribution in [0.2, 0.25) is 0 Å². The molecule has 1 aliphatic rings. The van der Waals surface area contributed by atoms with Crippen molar-refractivity contribution in [3.8, 4) is 49.1 Å². The molecule has 0 fully saturated rings. The summed E-state index contributed by atoms with van der Waals surface area (Å²) in [7, 11) is 0. The smallest absolute Gasteiger partial charge is 0.271 e. The van der Waals surface area contributed by atoms with Gasteiger partial charge in [-0.05, 0) is 42.3 Å². The fourth-order valence-corrected chi connectivity index (χ4v) is 13.9. The molecule has 23 nitrogen and oxygen atoms in total. The molecule has 10 bridgehead atoms. The Balaban J connectivity index is 1.08. The minimum Gasteiger partial charge on any atom is -0.508 e. The van der Waals surface area contributed by atoms with Gasteiger partial charge in [-0.15, -0.1) is 68.0 Å². The number of nitrogens with one attached hydrogen (secondary N) is 4. The number of hydrogen-bond acceptors (Lipinski definition) is 23. The van der Waals surface area contributed by atoms with Gasteiger partial charge in [-0.3, -0.25) is 28.8 Å². The number of aliphatic hydroxyl groups excluding tert-OH is 2. The van der Waals surface area contributed by atoms with E-state index in [0.29, 0.717) is 64.4 Å². The van der Waals surface area contributed by atoms with E-state index in [1.807, 2.05) is 0 Å². The molecule has 6 amide bonds. The van der Waals surface area contributed by atoms with E-state index < -0.39 is 84.2 Å². The molecule has 420 valence electrons. The van der Waals surface area contributed by atoms with E-state index in [1.54, 1.807) is 79.2 Å². The summed E-state index contributed by atoms with van der Waals surface area (Å²) < 4.78 is 0. The molecular weight excluding hydrogens is 1170 g/mol. The van der Waals surface area contributed by atoms with Crippen LogP contribution in [0.3, 0.4) is 0 Å². The Morgan fingerprint density at radius 2 is 1.23 bits per heavy atom. The SMILES string of the molecule is Cc1sc2nc1C(=O)N[C@@H]([C@@H](O)c1ccccc1)c1nc(cs1)C(=O)N[C@@H](Cc1ccc(O)cc1)C(=O)N[C@@H]([C@@H](C)[C@@H](O)CN)c1nc(cs1)-c1nc(cs1)-c1nc(-c3nc(C(N)=O)cs3)ccc1-c1nc(cs1)C(=O)N[C@H]2CC(N)=O. The second-order valence-electron chi connectivity index (χ2n) is 18.7. The van der Waals surface area contributed by atoms with E-state index in [4.69, 9.17) is 37.1 Å². The van der Waals surface area contributed by atoms with Crippen LogP contribution in [0.1, 0.15) is 111 Å². The van der Waals surface area contributed by atoms with Gasteiger partial charge < -0.3 is 53.8 Å². The number of fused-ring (bicyclic) bond motifs is 14. The van der Waals surface area contributed by atoms with Gasteiger partial charge in [-0.1, -0.05) is 49.4 Å². The Morgan fingerprint density at radius 3 is 1.94 bits per heavy atom. The van der Waals surface area contributed by atoms with Gasteiger partial charge in [0.25, 0.3) is 23.6 Å². The molecular formula is C53H48N14O9S6. The average molecular weight is 1220 g/mol. The molecule has 29 heteroatoms. The number of nitrogens with two attached hydrogens (primary N) is 3. The van der Waals surface area contributed by atoms with Gasteiger partial charge in [0.2, 0.25) is 11.8 Å². The largest absolute Gasteiger partial charge is 0.508 e. The first-order valence-electron chi connectivity index (χ1n) is 24.9. The summed E-state index contributed by atoms with van der Waals surface area (Å²) in [5.74, 6) is -5.14. The highest BCUT2D eigenvalue weighted by Gasteiger charge is 2.35. The number of carbonyl (C=O) groups excluding carboxylic acids is 6. The minimum atomic E-state index is -1.42. The number of nitrogens with zero attached hydrogens (tertiary/aromatic N) is 7. The van der Waals surface area contributed by atoms with Crippen LogP contribution >= 0.6 is 68.0 Å². The van der Waals surface area contributed by atoms with Gasteiger partial charge in [0, 0.05) is 56.2 Å². The number of hydrogen-bond donors (Lipinski definition) is 10. The summed E-state index contributed by atoms with van der Waals surface area (Å²) in [6.07, 6.45) is -3.01. The number of aliphatic hydroxyl groups is 2. The molecule has 0 spiro atoms. The van der Waals surface area contributed by atoms with Crippen molar-refractivity contribution in [2.24, 2.45) is 23.1 Å². The zero-order chi connectivity index (χ0) is 57.9. The fraction of sp³-hybridized carbons (Fsp3) is 0.226. The predicted octanol–water partition coefficient (Wildman–Crippen LogP) is 5.62. The van der Waals surface area contributed by atoms with Crippen molar-refractivity contribution >= 4 is 103 Å². The maximum absolute atomic E-state index is 14.8. The number of carbonyl (C=O) groups is 6. The fourth-order valence-electron chi connectivity index (χ4n) is 8.67. The third kappa shape index (κ3) is 12.5. The van der Waals surface area contributed by atoms with E-state index in [9.17, 15) is 44.1 Å². The summed E-state index contributed by atoms with van der Waals surface area (Å²) in [6, 6.07) is 13.3. The van der Waals surface area contributed by atoms with Gasteiger partial charge >= 0.3 is 0 Å². The van der Waals surface area contributed by atoms with Crippen LogP contribution in [-0.4, -0.2) is 104 Å². The third-order valence-electron chi connectivity index (χ3n) is 13.1. The van der Waals surface area contributed by atoms with Gasteiger partial charge in [0.1, 0.15) is 93.8 Å². The molecule has 9 aromatic rings. The molecule has 82 heavy (non-hydrogen) atoms. The van der Waals surface area contributed by atoms with Crippen molar-refractivity contribution in [1.82, 2.24) is 56.2 Å². The number of primary amides is 2. The summed E-state index contributed by atoms with van der Waals surface area (Å²) in [4.78, 5) is 116. The van der Waals surface area contributed by atoms with Crippen molar-refractivity contribution < 1.29 is 44.1 Å². The van der Waals surface area contributed by atoms with Crippen LogP contribution in [0.5, 0.6) is 5.75 Å². The lowest BCUT2D eigenvalue weighted by atomic mass is 9.95. The van der Waals surface area contributed by atoms with Crippen LogP contribution in [-0.2, 0) is 16.0 Å². The molecule has 8 heterocycles. The lowest BCUT2D eigenvalue weighted by Gasteiger charge is -2.29. The van der Waals surface area contributed by atoms with E-state index in [1.165, 1.54) is 50.9 Å². The monoisotopic (exact) mass is 1220 g/mol. The molecule has 0 unspecified atom stereocenters. The first kappa shape index (κ1) is 57.1. The molecule has 2 aromatic carbocycles. The van der Waals surface area contributed by atoms with Crippen LogP contribution in [0.25, 0.3) is 43.4 Å². The van der Waals surface area contributed by atoms with Crippen LogP contribution in [0.15, 0.2) is 93.6 Å². The van der Waals surface area contributed by atoms with Crippen LogP contribution in [0.4, 0.5) is 0 Å². The number of benzene rings is 2. The molecule has 13 N–H and O–H groups in total. The first-order valence-corrected chi connectivity index (χ1v) is 30.1. The predicted molar refractivity (Wildman–Crippen MR) is 310 cm³/mol. The zero-order valence-electron chi connectivity index (χ0n) is 43.0. The highest BCUT2D eigenvalue weighted by Crippen LogP contribution is 2.40. The number of phenols is 1. The number of aromatic hydroxyl groups is 1. The van der Waals surface area contributed by atoms with Crippen molar-refractivity contribution in [3.05, 3.63) is 147 Å². The van der Waals surface area contributed by atoms with Crippen LogP contribution in [0, 0.1) is 12.8 Å². The van der Waals surface area contributed by atoms with Crippen LogP contribution < -0.4 is 38.5 Å². The maximum atomic E-state index is 14.8. The average Bonchev–Trinajstić information content (AvgIpc) is 4.44. The third-order valence-corrected chi connectivity index (χ3v) is 18.6. The van der Waals surface area contributed by atoms with Crippen molar-refractivity contribution in [3.63, 3.8) is 0 Å². The zero-order valence-corrected chi connectivity index (χ0v) is 47.9. The van der Waals surface area contributed by atoms with Gasteiger partial charge in [0.15, 0.2) is 0 Å². The molecule has 0 saturated heterocycles. The highest BCUT2D eigenvalue weighted by molar-refractivity contribution is 7.15. The summed E-state index contributed by atoms with van der Waals surface area (Å²) in [5.41, 5.74) is 20.0. The van der Waals surface area contributed by atoms with Crippen molar-refractivity contribution in [1.29, 1.82) is 0 Å². The number of rotatable bonds is 11. The van der Waals surface area contributed by atoms with Gasteiger partial charge in [-0.25, -0.2) is 34.9 Å². The van der Waals surface area contributed by atoms with E-state index >= 15 is 0 Å². The summed E-state index contributed by atoms with van der Waals surface area (Å²) in [5, 5.41) is 54.6. The Kier molecular flexibility index (Phi) is 17.1. The van der Waals surface area contributed by atoms with E-state index in [2.05, 4.69) is 36.2 Å². The number of phenolic OH excluding ortho intramolecular Hbond substituents is 1. The maximum Gasteiger partial charge on any atom is 0.271 e. The molecule has 7 aromatic heterocycles. The second kappa shape index (κ2) is 24.5. The number of amides is 6. The van der Waals surface area contributed by atoms with Gasteiger partial charge in [0.05, 0.1) is 30.3 Å². The Morgan fingerprint density at radius 1 is 0.610 bits per heavy atom. The molecule has 1 aliphatic heterocycles.